The van der Waals surface area contributed by atoms with Crippen LogP contribution in [0, 0.1) is 0 Å². The molecule has 1 aliphatic carbocycles. The number of rotatable bonds is 5. The smallest absolute Gasteiger partial charge is 0.0809 e. The summed E-state index contributed by atoms with van der Waals surface area (Å²) in [6, 6.07) is 0.685. The third-order valence-corrected chi connectivity index (χ3v) is 3.42. The Hall–Kier alpha value is -0.120. The van der Waals surface area contributed by atoms with Crippen LogP contribution in [0.4, 0.5) is 0 Å². The van der Waals surface area contributed by atoms with Crippen molar-refractivity contribution in [1.29, 1.82) is 0 Å². The molecule has 0 aromatic heterocycles. The Bertz CT molecular complexity index is 180. The molecule has 1 N–H and O–H groups in total. The SMILES string of the molecule is CCNC1CCC(OCC2CCCO2)C1. The van der Waals surface area contributed by atoms with Gasteiger partial charge in [0.1, 0.15) is 0 Å². The predicted octanol–water partition coefficient (Wildman–Crippen LogP) is 1.71. The molecular formula is C12H23NO2. The lowest BCUT2D eigenvalue weighted by Gasteiger charge is -2.16. The van der Waals surface area contributed by atoms with Gasteiger partial charge in [-0.25, -0.2) is 0 Å². The average Bonchev–Trinajstić information content (AvgIpc) is 2.85. The first-order valence-electron chi connectivity index (χ1n) is 6.35. The molecule has 0 aromatic rings. The Kier molecular flexibility index (Phi) is 4.42. The summed E-state index contributed by atoms with van der Waals surface area (Å²) in [6.07, 6.45) is 6.90. The molecule has 3 heteroatoms. The zero-order valence-corrected chi connectivity index (χ0v) is 9.71. The number of hydrogen-bond acceptors (Lipinski definition) is 3. The number of hydrogen-bond donors (Lipinski definition) is 1. The molecule has 3 atom stereocenters. The molecule has 0 aromatic carbocycles. The van der Waals surface area contributed by atoms with Crippen LogP contribution in [0.1, 0.15) is 39.0 Å². The third kappa shape index (κ3) is 3.44. The molecule has 2 aliphatic rings. The summed E-state index contributed by atoms with van der Waals surface area (Å²) in [7, 11) is 0. The molecule has 1 aliphatic heterocycles. The number of nitrogens with one attached hydrogen (secondary N) is 1. The van der Waals surface area contributed by atoms with Gasteiger partial charge in [-0.15, -0.1) is 0 Å². The second-order valence-corrected chi connectivity index (χ2v) is 4.66. The van der Waals surface area contributed by atoms with Gasteiger partial charge in [-0.3, -0.25) is 0 Å². The van der Waals surface area contributed by atoms with E-state index in [1.807, 2.05) is 0 Å². The molecule has 0 amide bonds. The van der Waals surface area contributed by atoms with Gasteiger partial charge in [-0.1, -0.05) is 6.92 Å². The van der Waals surface area contributed by atoms with Crippen molar-refractivity contribution in [2.75, 3.05) is 19.8 Å². The molecule has 88 valence electrons. The van der Waals surface area contributed by atoms with Gasteiger partial charge >= 0.3 is 0 Å². The normalized spacial score (nSPS) is 36.2. The molecule has 0 bridgehead atoms. The van der Waals surface area contributed by atoms with Crippen LogP contribution < -0.4 is 5.32 Å². The van der Waals surface area contributed by atoms with Crippen molar-refractivity contribution < 1.29 is 9.47 Å². The van der Waals surface area contributed by atoms with Crippen molar-refractivity contribution in [3.63, 3.8) is 0 Å². The Morgan fingerprint density at radius 3 is 3.00 bits per heavy atom. The molecule has 3 nitrogen and oxygen atoms in total. The van der Waals surface area contributed by atoms with Crippen molar-refractivity contribution in [2.45, 2.75) is 57.3 Å². The summed E-state index contributed by atoms with van der Waals surface area (Å²) in [5.74, 6) is 0. The molecule has 1 saturated heterocycles. The lowest BCUT2D eigenvalue weighted by molar-refractivity contribution is -0.0182. The zero-order valence-electron chi connectivity index (χ0n) is 9.71. The highest BCUT2D eigenvalue weighted by atomic mass is 16.5. The van der Waals surface area contributed by atoms with Crippen LogP contribution in [-0.4, -0.2) is 38.0 Å². The van der Waals surface area contributed by atoms with Crippen molar-refractivity contribution in [3.8, 4) is 0 Å². The molecule has 1 heterocycles. The van der Waals surface area contributed by atoms with Crippen LogP contribution in [0.2, 0.25) is 0 Å². The van der Waals surface area contributed by atoms with E-state index in [-0.39, 0.29) is 0 Å². The molecule has 3 unspecified atom stereocenters. The fourth-order valence-corrected chi connectivity index (χ4v) is 2.58. The highest BCUT2D eigenvalue weighted by Gasteiger charge is 2.26. The topological polar surface area (TPSA) is 30.5 Å². The first-order valence-corrected chi connectivity index (χ1v) is 6.35. The van der Waals surface area contributed by atoms with Crippen LogP contribution in [0.3, 0.4) is 0 Å². The molecular weight excluding hydrogens is 190 g/mol. The fraction of sp³-hybridized carbons (Fsp3) is 1.00. The van der Waals surface area contributed by atoms with Crippen LogP contribution in [0.15, 0.2) is 0 Å². The summed E-state index contributed by atoms with van der Waals surface area (Å²) < 4.78 is 11.4. The lowest BCUT2D eigenvalue weighted by Crippen LogP contribution is -2.27. The summed E-state index contributed by atoms with van der Waals surface area (Å²) in [4.78, 5) is 0. The van der Waals surface area contributed by atoms with Gasteiger partial charge in [0.25, 0.3) is 0 Å². The predicted molar refractivity (Wildman–Crippen MR) is 60.0 cm³/mol. The summed E-state index contributed by atoms with van der Waals surface area (Å²) >= 11 is 0. The largest absolute Gasteiger partial charge is 0.376 e. The van der Waals surface area contributed by atoms with Gasteiger partial charge in [0.05, 0.1) is 18.8 Å². The maximum absolute atomic E-state index is 5.90. The summed E-state index contributed by atoms with van der Waals surface area (Å²) in [6.45, 7) is 4.98. The molecule has 2 rings (SSSR count). The first kappa shape index (κ1) is 11.4. The van der Waals surface area contributed by atoms with Crippen molar-refractivity contribution in [1.82, 2.24) is 5.32 Å². The van der Waals surface area contributed by atoms with E-state index >= 15 is 0 Å². The standard InChI is InChI=1S/C12H23NO2/c1-2-13-10-5-6-11(8-10)15-9-12-4-3-7-14-12/h10-13H,2-9H2,1H3. The molecule has 2 fully saturated rings. The maximum Gasteiger partial charge on any atom is 0.0809 e. The Balaban J connectivity index is 1.59. The van der Waals surface area contributed by atoms with Crippen LogP contribution in [0.5, 0.6) is 0 Å². The first-order chi connectivity index (χ1) is 7.38. The van der Waals surface area contributed by atoms with Crippen LogP contribution in [0.25, 0.3) is 0 Å². The summed E-state index contributed by atoms with van der Waals surface area (Å²) in [5.41, 5.74) is 0. The van der Waals surface area contributed by atoms with Gasteiger partial charge in [0.15, 0.2) is 0 Å². The third-order valence-electron chi connectivity index (χ3n) is 3.42. The highest BCUT2D eigenvalue weighted by molar-refractivity contribution is 4.81. The Morgan fingerprint density at radius 1 is 1.33 bits per heavy atom. The minimum atomic E-state index is 0.378. The molecule has 15 heavy (non-hydrogen) atoms. The molecule has 1 saturated carbocycles. The van der Waals surface area contributed by atoms with E-state index in [2.05, 4.69) is 12.2 Å². The van der Waals surface area contributed by atoms with Gasteiger partial charge in [-0.2, -0.15) is 0 Å². The summed E-state index contributed by atoms with van der Waals surface area (Å²) in [5, 5.41) is 3.49. The van der Waals surface area contributed by atoms with E-state index < -0.39 is 0 Å². The van der Waals surface area contributed by atoms with Gasteiger partial charge < -0.3 is 14.8 Å². The van der Waals surface area contributed by atoms with Gasteiger partial charge in [0.2, 0.25) is 0 Å². The second kappa shape index (κ2) is 5.83. The zero-order chi connectivity index (χ0) is 10.5. The Labute approximate surface area is 92.5 Å². The maximum atomic E-state index is 5.90. The molecule has 0 spiro atoms. The van der Waals surface area contributed by atoms with E-state index in [4.69, 9.17) is 9.47 Å². The minimum Gasteiger partial charge on any atom is -0.376 e. The quantitative estimate of drug-likeness (QED) is 0.754. The monoisotopic (exact) mass is 213 g/mol. The van der Waals surface area contributed by atoms with Crippen molar-refractivity contribution >= 4 is 0 Å². The fourth-order valence-electron chi connectivity index (χ4n) is 2.58. The lowest BCUT2D eigenvalue weighted by atomic mass is 10.2. The Morgan fingerprint density at radius 2 is 2.27 bits per heavy atom. The van der Waals surface area contributed by atoms with E-state index in [0.717, 1.165) is 19.8 Å². The van der Waals surface area contributed by atoms with E-state index in [9.17, 15) is 0 Å². The second-order valence-electron chi connectivity index (χ2n) is 4.66. The highest BCUT2D eigenvalue weighted by Crippen LogP contribution is 2.23. The average molecular weight is 213 g/mol. The van der Waals surface area contributed by atoms with Gasteiger partial charge in [-0.05, 0) is 38.6 Å². The van der Waals surface area contributed by atoms with Crippen LogP contribution >= 0.6 is 0 Å². The number of ether oxygens (including phenoxy) is 2. The minimum absolute atomic E-state index is 0.378. The van der Waals surface area contributed by atoms with Crippen LogP contribution in [-0.2, 0) is 9.47 Å². The van der Waals surface area contributed by atoms with E-state index in [0.29, 0.717) is 18.2 Å². The van der Waals surface area contributed by atoms with E-state index in [1.165, 1.54) is 32.1 Å². The molecule has 0 radical (unpaired) electrons. The van der Waals surface area contributed by atoms with Gasteiger partial charge in [0, 0.05) is 12.6 Å². The van der Waals surface area contributed by atoms with E-state index in [1.54, 1.807) is 0 Å². The van der Waals surface area contributed by atoms with Crippen molar-refractivity contribution in [2.24, 2.45) is 0 Å². The van der Waals surface area contributed by atoms with Crippen molar-refractivity contribution in [3.05, 3.63) is 0 Å².